The molecule has 3 N–H and O–H groups in total. The quantitative estimate of drug-likeness (QED) is 0.897. The first-order valence-electron chi connectivity index (χ1n) is 5.58. The summed E-state index contributed by atoms with van der Waals surface area (Å²) in [5, 5.41) is 2.92. The normalized spacial score (nSPS) is 11.4. The minimum atomic E-state index is -4.32. The van der Waals surface area contributed by atoms with Gasteiger partial charge >= 0.3 is 6.18 Å². The van der Waals surface area contributed by atoms with Gasteiger partial charge in [-0.05, 0) is 42.0 Å². The molecule has 0 aliphatic carbocycles. The summed E-state index contributed by atoms with van der Waals surface area (Å²) in [6.45, 7) is 0.379. The molecule has 0 bridgehead atoms. The van der Waals surface area contributed by atoms with Gasteiger partial charge in [0.15, 0.2) is 0 Å². The minimum Gasteiger partial charge on any atom is -0.340 e. The van der Waals surface area contributed by atoms with E-state index >= 15 is 0 Å². The maximum atomic E-state index is 12.4. The Morgan fingerprint density at radius 1 is 1.11 bits per heavy atom. The number of alkyl halides is 3. The van der Waals surface area contributed by atoms with Gasteiger partial charge in [0, 0.05) is 18.4 Å². The van der Waals surface area contributed by atoms with Gasteiger partial charge in [0.2, 0.25) is 0 Å². The molecular weight excluding hydrogens is 255 g/mol. The molecule has 0 radical (unpaired) electrons. The van der Waals surface area contributed by atoms with Crippen LogP contribution >= 0.6 is 0 Å². The lowest BCUT2D eigenvalue weighted by Crippen LogP contribution is -2.04. The van der Waals surface area contributed by atoms with E-state index in [1.807, 2.05) is 0 Å². The van der Waals surface area contributed by atoms with E-state index in [1.54, 1.807) is 18.3 Å². The largest absolute Gasteiger partial charge is 0.416 e. The first kappa shape index (κ1) is 13.4. The lowest BCUT2D eigenvalue weighted by molar-refractivity contribution is -0.137. The van der Waals surface area contributed by atoms with Crippen molar-refractivity contribution in [1.82, 2.24) is 4.98 Å². The first-order chi connectivity index (χ1) is 8.99. The number of rotatable bonds is 3. The summed E-state index contributed by atoms with van der Waals surface area (Å²) >= 11 is 0. The Bertz CT molecular complexity index is 550. The van der Waals surface area contributed by atoms with Gasteiger partial charge in [0.1, 0.15) is 5.82 Å². The molecule has 1 aromatic carbocycles. The highest BCUT2D eigenvalue weighted by Crippen LogP contribution is 2.30. The molecule has 1 heterocycles. The van der Waals surface area contributed by atoms with E-state index in [0.717, 1.165) is 17.7 Å². The van der Waals surface area contributed by atoms with E-state index in [4.69, 9.17) is 5.73 Å². The standard InChI is InChI=1S/C13H12F3N3/c14-13(15,16)10-1-3-11(4-2-10)19-12-7-9(8-17)5-6-18-12/h1-7H,8,17H2,(H,18,19). The van der Waals surface area contributed by atoms with Gasteiger partial charge < -0.3 is 11.1 Å². The SMILES string of the molecule is NCc1ccnc(Nc2ccc(C(F)(F)F)cc2)c1. The monoisotopic (exact) mass is 267 g/mol. The summed E-state index contributed by atoms with van der Waals surface area (Å²) in [6.07, 6.45) is -2.73. The fraction of sp³-hybridized carbons (Fsp3) is 0.154. The molecule has 3 nitrogen and oxygen atoms in total. The molecule has 0 fully saturated rings. The van der Waals surface area contributed by atoms with E-state index in [0.29, 0.717) is 18.1 Å². The third-order valence-corrected chi connectivity index (χ3v) is 2.54. The third-order valence-electron chi connectivity index (χ3n) is 2.54. The molecule has 0 saturated heterocycles. The zero-order valence-corrected chi connectivity index (χ0v) is 9.91. The van der Waals surface area contributed by atoms with Crippen molar-refractivity contribution in [1.29, 1.82) is 0 Å². The number of benzene rings is 1. The zero-order valence-electron chi connectivity index (χ0n) is 9.91. The average Bonchev–Trinajstić information content (AvgIpc) is 2.38. The second kappa shape index (κ2) is 5.27. The number of pyridine rings is 1. The molecule has 1 aromatic heterocycles. The van der Waals surface area contributed by atoms with Gasteiger partial charge in [-0.1, -0.05) is 0 Å². The second-order valence-electron chi connectivity index (χ2n) is 3.95. The Morgan fingerprint density at radius 3 is 2.37 bits per heavy atom. The first-order valence-corrected chi connectivity index (χ1v) is 5.58. The van der Waals surface area contributed by atoms with E-state index in [9.17, 15) is 13.2 Å². The molecular formula is C13H12F3N3. The van der Waals surface area contributed by atoms with Crippen LogP contribution in [0.1, 0.15) is 11.1 Å². The van der Waals surface area contributed by atoms with Crippen LogP contribution in [-0.4, -0.2) is 4.98 Å². The van der Waals surface area contributed by atoms with E-state index in [1.165, 1.54) is 12.1 Å². The Morgan fingerprint density at radius 2 is 1.79 bits per heavy atom. The molecule has 0 amide bonds. The van der Waals surface area contributed by atoms with Crippen LogP contribution in [0.25, 0.3) is 0 Å². The minimum absolute atomic E-state index is 0.379. The predicted molar refractivity (Wildman–Crippen MR) is 66.9 cm³/mol. The summed E-state index contributed by atoms with van der Waals surface area (Å²) < 4.78 is 37.2. The molecule has 0 aliphatic heterocycles. The Hall–Kier alpha value is -2.08. The van der Waals surface area contributed by atoms with Gasteiger partial charge in [-0.2, -0.15) is 13.2 Å². The van der Waals surface area contributed by atoms with Gasteiger partial charge in [0.25, 0.3) is 0 Å². The molecule has 0 aliphatic rings. The number of aromatic nitrogens is 1. The highest BCUT2D eigenvalue weighted by atomic mass is 19.4. The fourth-order valence-electron chi connectivity index (χ4n) is 1.56. The van der Waals surface area contributed by atoms with Crippen molar-refractivity contribution >= 4 is 11.5 Å². The van der Waals surface area contributed by atoms with Crippen LogP contribution in [0, 0.1) is 0 Å². The molecule has 19 heavy (non-hydrogen) atoms. The van der Waals surface area contributed by atoms with Crippen LogP contribution < -0.4 is 11.1 Å². The van der Waals surface area contributed by atoms with Crippen LogP contribution in [0.3, 0.4) is 0 Å². The molecule has 100 valence electrons. The number of hydrogen-bond donors (Lipinski definition) is 2. The van der Waals surface area contributed by atoms with Crippen LogP contribution in [0.4, 0.5) is 24.7 Å². The number of nitrogens with one attached hydrogen (secondary N) is 1. The van der Waals surface area contributed by atoms with Crippen molar-refractivity contribution in [2.24, 2.45) is 5.73 Å². The van der Waals surface area contributed by atoms with E-state index in [-0.39, 0.29) is 0 Å². The fourth-order valence-corrected chi connectivity index (χ4v) is 1.56. The Kier molecular flexibility index (Phi) is 3.71. The van der Waals surface area contributed by atoms with Crippen molar-refractivity contribution in [2.75, 3.05) is 5.32 Å². The van der Waals surface area contributed by atoms with Crippen molar-refractivity contribution < 1.29 is 13.2 Å². The lowest BCUT2D eigenvalue weighted by Gasteiger charge is -2.09. The van der Waals surface area contributed by atoms with E-state index < -0.39 is 11.7 Å². The Labute approximate surface area is 108 Å². The molecule has 0 unspecified atom stereocenters. The maximum Gasteiger partial charge on any atom is 0.416 e. The molecule has 0 saturated carbocycles. The number of nitrogens with two attached hydrogens (primary N) is 1. The second-order valence-corrected chi connectivity index (χ2v) is 3.95. The van der Waals surface area contributed by atoms with Crippen molar-refractivity contribution in [3.8, 4) is 0 Å². The van der Waals surface area contributed by atoms with E-state index in [2.05, 4.69) is 10.3 Å². The lowest BCUT2D eigenvalue weighted by atomic mass is 10.2. The maximum absolute atomic E-state index is 12.4. The van der Waals surface area contributed by atoms with Crippen LogP contribution in [0.15, 0.2) is 42.6 Å². The molecule has 0 atom stereocenters. The summed E-state index contributed by atoms with van der Waals surface area (Å²) in [5.74, 6) is 0.544. The van der Waals surface area contributed by atoms with Crippen LogP contribution in [-0.2, 0) is 12.7 Å². The molecule has 2 rings (SSSR count). The van der Waals surface area contributed by atoms with Crippen LogP contribution in [0.2, 0.25) is 0 Å². The number of anilines is 2. The summed E-state index contributed by atoms with van der Waals surface area (Å²) in [6, 6.07) is 8.29. The van der Waals surface area contributed by atoms with Gasteiger partial charge in [0.05, 0.1) is 5.56 Å². The average molecular weight is 267 g/mol. The van der Waals surface area contributed by atoms with Crippen molar-refractivity contribution in [3.63, 3.8) is 0 Å². The third kappa shape index (κ3) is 3.45. The number of hydrogen-bond acceptors (Lipinski definition) is 3. The summed E-state index contributed by atoms with van der Waals surface area (Å²) in [7, 11) is 0. The van der Waals surface area contributed by atoms with Crippen molar-refractivity contribution in [2.45, 2.75) is 12.7 Å². The number of nitrogens with zero attached hydrogens (tertiary/aromatic N) is 1. The number of halogens is 3. The zero-order chi connectivity index (χ0) is 13.9. The molecule has 6 heteroatoms. The van der Waals surface area contributed by atoms with Gasteiger partial charge in [-0.3, -0.25) is 0 Å². The molecule has 0 spiro atoms. The highest BCUT2D eigenvalue weighted by Gasteiger charge is 2.29. The molecule has 2 aromatic rings. The summed E-state index contributed by atoms with van der Waals surface area (Å²) in [4.78, 5) is 4.06. The smallest absolute Gasteiger partial charge is 0.340 e. The summed E-state index contributed by atoms with van der Waals surface area (Å²) in [5.41, 5.74) is 6.25. The van der Waals surface area contributed by atoms with Gasteiger partial charge in [-0.15, -0.1) is 0 Å². The highest BCUT2D eigenvalue weighted by molar-refractivity contribution is 5.57. The Balaban J connectivity index is 2.15. The van der Waals surface area contributed by atoms with Crippen molar-refractivity contribution in [3.05, 3.63) is 53.7 Å². The topological polar surface area (TPSA) is 50.9 Å². The van der Waals surface area contributed by atoms with Gasteiger partial charge in [-0.25, -0.2) is 4.98 Å². The predicted octanol–water partition coefficient (Wildman–Crippen LogP) is 3.30. The van der Waals surface area contributed by atoms with Crippen LogP contribution in [0.5, 0.6) is 0 Å².